The molecule has 0 unspecified atom stereocenters. The standard InChI is InChI=1S/2C13H15.C2H6Si.2HI.Zr/c2*1-10(2)7-11-8-12-5-3-4-6-13(12)9-11;1-3-2;;;/h2*3-6,8-10H,7H2,1-2H3;1-2H3;2*1H;/q2*-1;;;;+4/p-2. The summed E-state index contributed by atoms with van der Waals surface area (Å²) >= 11 is 0. The molecule has 0 N–H and O–H groups in total. The molecule has 0 fully saturated rings. The van der Waals surface area contributed by atoms with E-state index in [1.807, 2.05) is 0 Å². The number of halogens is 2. The fraction of sp³-hybridized carbons (Fsp3) is 0.357. The second-order valence-corrected chi connectivity index (χ2v) is 9.68. The van der Waals surface area contributed by atoms with E-state index in [1.165, 1.54) is 45.5 Å². The van der Waals surface area contributed by atoms with E-state index in [-0.39, 0.29) is 74.2 Å². The van der Waals surface area contributed by atoms with Gasteiger partial charge >= 0.3 is 26.2 Å². The second kappa shape index (κ2) is 18.5. The van der Waals surface area contributed by atoms with E-state index in [1.54, 1.807) is 0 Å². The molecule has 32 heavy (non-hydrogen) atoms. The van der Waals surface area contributed by atoms with Crippen molar-refractivity contribution in [2.24, 2.45) is 11.8 Å². The third-order valence-electron chi connectivity index (χ3n) is 4.64. The fourth-order valence-corrected chi connectivity index (χ4v) is 3.61. The Hall–Kier alpha value is 0.220. The molecule has 0 bridgehead atoms. The minimum Gasteiger partial charge on any atom is -1.00 e. The Bertz CT molecular complexity index is 839. The first-order valence-corrected chi connectivity index (χ1v) is 12.8. The summed E-state index contributed by atoms with van der Waals surface area (Å²) in [6.45, 7) is 13.4. The van der Waals surface area contributed by atoms with Gasteiger partial charge < -0.3 is 48.0 Å². The van der Waals surface area contributed by atoms with Crippen LogP contribution in [0.5, 0.6) is 0 Å². The van der Waals surface area contributed by atoms with Gasteiger partial charge in [-0.1, -0.05) is 52.9 Å². The summed E-state index contributed by atoms with van der Waals surface area (Å²) in [6.07, 6.45) is 2.38. The summed E-state index contributed by atoms with van der Waals surface area (Å²) in [5.74, 6) is 1.49. The minimum absolute atomic E-state index is 0. The van der Waals surface area contributed by atoms with Crippen molar-refractivity contribution in [1.29, 1.82) is 0 Å². The molecule has 4 aromatic carbocycles. The third kappa shape index (κ3) is 12.1. The van der Waals surface area contributed by atoms with Gasteiger partial charge in [0.1, 0.15) is 0 Å². The van der Waals surface area contributed by atoms with Crippen LogP contribution in [-0.2, 0) is 39.0 Å². The number of rotatable bonds is 4. The van der Waals surface area contributed by atoms with Crippen LogP contribution < -0.4 is 48.0 Å². The Kier molecular flexibility index (Phi) is 19.9. The quantitative estimate of drug-likeness (QED) is 0.171. The zero-order chi connectivity index (χ0) is 21.2. The Labute approximate surface area is 252 Å². The van der Waals surface area contributed by atoms with E-state index in [2.05, 4.69) is 114 Å². The van der Waals surface area contributed by atoms with E-state index >= 15 is 0 Å². The van der Waals surface area contributed by atoms with E-state index in [4.69, 9.17) is 0 Å². The van der Waals surface area contributed by atoms with Crippen molar-refractivity contribution in [1.82, 2.24) is 0 Å². The van der Waals surface area contributed by atoms with Crippen molar-refractivity contribution in [3.63, 3.8) is 0 Å². The third-order valence-corrected chi connectivity index (χ3v) is 4.64. The number of hydrogen-bond acceptors (Lipinski definition) is 0. The van der Waals surface area contributed by atoms with Gasteiger partial charge in [0.25, 0.3) is 0 Å². The van der Waals surface area contributed by atoms with Crippen LogP contribution in [0.15, 0.2) is 72.8 Å². The molecular formula is C28H36I2SiZr. The second-order valence-electron chi connectivity index (χ2n) is 8.68. The van der Waals surface area contributed by atoms with E-state index in [9.17, 15) is 0 Å². The van der Waals surface area contributed by atoms with Crippen LogP contribution >= 0.6 is 0 Å². The number of fused-ring (bicyclic) bond motifs is 2. The molecule has 0 atom stereocenters. The zero-order valence-corrected chi connectivity index (χ0v) is 28.0. The van der Waals surface area contributed by atoms with Crippen molar-refractivity contribution in [2.45, 2.75) is 53.6 Å². The molecule has 0 aliphatic carbocycles. The number of benzene rings is 2. The monoisotopic (exact) mass is 744 g/mol. The first-order valence-electron chi connectivity index (χ1n) is 10.8. The van der Waals surface area contributed by atoms with Crippen LogP contribution in [0.4, 0.5) is 0 Å². The molecule has 0 heterocycles. The first-order chi connectivity index (χ1) is 13.9. The van der Waals surface area contributed by atoms with E-state index < -0.39 is 0 Å². The molecule has 2 radical (unpaired) electrons. The van der Waals surface area contributed by atoms with Crippen molar-refractivity contribution in [3.8, 4) is 0 Å². The topological polar surface area (TPSA) is 0 Å². The van der Waals surface area contributed by atoms with Gasteiger partial charge in [0.15, 0.2) is 0 Å². The van der Waals surface area contributed by atoms with Gasteiger partial charge in [-0.3, -0.25) is 0 Å². The maximum Gasteiger partial charge on any atom is 4.00 e. The summed E-state index contributed by atoms with van der Waals surface area (Å²) in [7, 11) is 1.08. The van der Waals surface area contributed by atoms with Gasteiger partial charge in [0.2, 0.25) is 0 Å². The minimum atomic E-state index is 0. The van der Waals surface area contributed by atoms with Gasteiger partial charge in [-0.05, 0) is 24.7 Å². The van der Waals surface area contributed by atoms with Crippen molar-refractivity contribution in [3.05, 3.63) is 83.9 Å². The van der Waals surface area contributed by atoms with Gasteiger partial charge in [-0.2, -0.15) is 12.1 Å². The zero-order valence-electron chi connectivity index (χ0n) is 20.3. The van der Waals surface area contributed by atoms with Gasteiger partial charge in [0, 0.05) is 9.52 Å². The number of hydrogen-bond donors (Lipinski definition) is 0. The molecule has 4 heteroatoms. The molecule has 0 nitrogen and oxygen atoms in total. The Morgan fingerprint density at radius 3 is 1.25 bits per heavy atom. The SMILES string of the molecule is CC(C)Cc1cc2ccccc2[cH-]1.CC(C)Cc1cc2ccccc2[cH-]1.C[Si]C.[I-].[I-].[Zr+4]. The molecule has 170 valence electrons. The maximum atomic E-state index is 2.30. The molecule has 0 aliphatic heterocycles. The van der Waals surface area contributed by atoms with Crippen molar-refractivity contribution in [2.75, 3.05) is 0 Å². The summed E-state index contributed by atoms with van der Waals surface area (Å²) in [4.78, 5) is 0. The van der Waals surface area contributed by atoms with Gasteiger partial charge in [0.05, 0.1) is 0 Å². The normalized spacial score (nSPS) is 9.75. The molecule has 0 saturated heterocycles. The van der Waals surface area contributed by atoms with Crippen LogP contribution in [0.3, 0.4) is 0 Å². The largest absolute Gasteiger partial charge is 4.00 e. The molecule has 0 aromatic heterocycles. The molecule has 4 rings (SSSR count). The summed E-state index contributed by atoms with van der Waals surface area (Å²) in [5, 5.41) is 5.49. The Balaban J connectivity index is 0. The summed E-state index contributed by atoms with van der Waals surface area (Å²) in [6, 6.07) is 26.3. The average molecular weight is 746 g/mol. The maximum absolute atomic E-state index is 2.30. The van der Waals surface area contributed by atoms with Gasteiger partial charge in [-0.15, -0.1) is 81.2 Å². The Morgan fingerprint density at radius 2 is 0.969 bits per heavy atom. The first kappa shape index (κ1) is 34.4. The van der Waals surface area contributed by atoms with Crippen LogP contribution in [0.2, 0.25) is 13.1 Å². The average Bonchev–Trinajstić information content (AvgIpc) is 3.24. The van der Waals surface area contributed by atoms with Crippen LogP contribution in [0.1, 0.15) is 38.8 Å². The van der Waals surface area contributed by atoms with Crippen molar-refractivity contribution < 1.29 is 74.2 Å². The molecule has 0 aliphatic rings. The van der Waals surface area contributed by atoms with Crippen LogP contribution in [-0.4, -0.2) is 9.52 Å². The van der Waals surface area contributed by atoms with E-state index in [0.29, 0.717) is 0 Å². The predicted molar refractivity (Wildman–Crippen MR) is 134 cm³/mol. The molecule has 4 aromatic rings. The molecule has 0 saturated carbocycles. The van der Waals surface area contributed by atoms with Crippen LogP contribution in [0.25, 0.3) is 21.5 Å². The molecular weight excluding hydrogens is 709 g/mol. The molecule has 0 spiro atoms. The smallest absolute Gasteiger partial charge is 1.00 e. The summed E-state index contributed by atoms with van der Waals surface area (Å²) in [5.41, 5.74) is 2.94. The van der Waals surface area contributed by atoms with Crippen molar-refractivity contribution >= 4 is 31.1 Å². The van der Waals surface area contributed by atoms with E-state index in [0.717, 1.165) is 21.4 Å². The van der Waals surface area contributed by atoms with Gasteiger partial charge in [-0.25, -0.2) is 0 Å². The predicted octanol–water partition coefficient (Wildman–Crippen LogP) is 2.31. The molecule has 0 amide bonds. The summed E-state index contributed by atoms with van der Waals surface area (Å²) < 4.78 is 0. The van der Waals surface area contributed by atoms with Crippen LogP contribution in [0, 0.1) is 11.8 Å². The fourth-order valence-electron chi connectivity index (χ4n) is 3.61. The Morgan fingerprint density at radius 1 is 0.656 bits per heavy atom.